The summed E-state index contributed by atoms with van der Waals surface area (Å²) in [7, 11) is 1.65. The Bertz CT molecular complexity index is 804. The first-order chi connectivity index (χ1) is 11.1. The van der Waals surface area contributed by atoms with Crippen molar-refractivity contribution in [2.45, 2.75) is 26.5 Å². The van der Waals surface area contributed by atoms with Crippen molar-refractivity contribution in [1.82, 2.24) is 4.57 Å². The molecule has 23 heavy (non-hydrogen) atoms. The van der Waals surface area contributed by atoms with Crippen molar-refractivity contribution in [2.75, 3.05) is 12.8 Å². The van der Waals surface area contributed by atoms with Crippen LogP contribution in [0.2, 0.25) is 0 Å². The number of benzene rings is 2. The Kier molecular flexibility index (Phi) is 4.15. The molecule has 0 fully saturated rings. The van der Waals surface area contributed by atoms with Gasteiger partial charge in [-0.1, -0.05) is 12.1 Å². The lowest BCUT2D eigenvalue weighted by Crippen LogP contribution is -2.09. The van der Waals surface area contributed by atoms with Gasteiger partial charge in [0.2, 0.25) is 0 Å². The van der Waals surface area contributed by atoms with Crippen LogP contribution in [0.1, 0.15) is 25.6 Å². The van der Waals surface area contributed by atoms with E-state index in [1.807, 2.05) is 36.4 Å². The minimum Gasteiger partial charge on any atom is -0.497 e. The van der Waals surface area contributed by atoms with Crippen molar-refractivity contribution >= 4 is 16.6 Å². The van der Waals surface area contributed by atoms with Crippen LogP contribution in [0.5, 0.6) is 11.5 Å². The smallest absolute Gasteiger partial charge is 0.128 e. The minimum atomic E-state index is 0.312. The zero-order chi connectivity index (χ0) is 16.4. The lowest BCUT2D eigenvalue weighted by molar-refractivity contribution is 0.292. The van der Waals surface area contributed by atoms with Gasteiger partial charge in [0.1, 0.15) is 18.1 Å². The molecule has 0 aliphatic rings. The number of aromatic nitrogens is 1. The fourth-order valence-electron chi connectivity index (χ4n) is 2.90. The van der Waals surface area contributed by atoms with Gasteiger partial charge in [-0.3, -0.25) is 0 Å². The molecule has 0 amide bonds. The van der Waals surface area contributed by atoms with E-state index < -0.39 is 0 Å². The first kappa shape index (κ1) is 15.3. The highest BCUT2D eigenvalue weighted by molar-refractivity contribution is 5.91. The number of nitrogens with zero attached hydrogens (tertiary/aromatic N) is 1. The van der Waals surface area contributed by atoms with Gasteiger partial charge in [0.25, 0.3) is 0 Å². The minimum absolute atomic E-state index is 0.312. The molecule has 0 aliphatic heterocycles. The summed E-state index contributed by atoms with van der Waals surface area (Å²) in [6, 6.07) is 16.1. The highest BCUT2D eigenvalue weighted by Crippen LogP contribution is 2.29. The van der Waals surface area contributed by atoms with E-state index in [1.165, 1.54) is 0 Å². The average Bonchev–Trinajstić information content (AvgIpc) is 2.93. The predicted molar refractivity (Wildman–Crippen MR) is 94.1 cm³/mol. The van der Waals surface area contributed by atoms with Gasteiger partial charge >= 0.3 is 0 Å². The molecule has 0 saturated carbocycles. The Hall–Kier alpha value is -2.62. The molecule has 2 N–H and O–H groups in total. The van der Waals surface area contributed by atoms with Crippen molar-refractivity contribution < 1.29 is 9.47 Å². The lowest BCUT2D eigenvalue weighted by Gasteiger charge is -2.16. The van der Waals surface area contributed by atoms with Crippen LogP contribution in [0.25, 0.3) is 10.9 Å². The molecule has 0 spiro atoms. The van der Waals surface area contributed by atoms with Gasteiger partial charge in [0.15, 0.2) is 0 Å². The average molecular weight is 310 g/mol. The van der Waals surface area contributed by atoms with Crippen molar-refractivity contribution in [2.24, 2.45) is 0 Å². The molecule has 0 atom stereocenters. The summed E-state index contributed by atoms with van der Waals surface area (Å²) in [6.45, 7) is 4.81. The summed E-state index contributed by atoms with van der Waals surface area (Å²) in [5, 5.41) is 1.15. The molecule has 4 nitrogen and oxygen atoms in total. The summed E-state index contributed by atoms with van der Waals surface area (Å²) < 4.78 is 13.3. The third-order valence-corrected chi connectivity index (χ3v) is 3.93. The second-order valence-corrected chi connectivity index (χ2v) is 5.85. The number of rotatable bonds is 5. The van der Waals surface area contributed by atoms with Crippen molar-refractivity contribution in [3.05, 3.63) is 54.2 Å². The Balaban J connectivity index is 1.90. The fraction of sp³-hybridized carbons (Fsp3) is 0.263. The molecule has 2 aromatic carbocycles. The summed E-state index contributed by atoms with van der Waals surface area (Å²) in [5.41, 5.74) is 9.16. The molecule has 0 radical (unpaired) electrons. The monoisotopic (exact) mass is 310 g/mol. The summed E-state index contributed by atoms with van der Waals surface area (Å²) >= 11 is 0. The van der Waals surface area contributed by atoms with Gasteiger partial charge < -0.3 is 19.8 Å². The van der Waals surface area contributed by atoms with Gasteiger partial charge in [-0.2, -0.15) is 0 Å². The Morgan fingerprint density at radius 1 is 1.04 bits per heavy atom. The van der Waals surface area contributed by atoms with Crippen molar-refractivity contribution in [3.8, 4) is 11.5 Å². The first-order valence-corrected chi connectivity index (χ1v) is 7.75. The fourth-order valence-corrected chi connectivity index (χ4v) is 2.90. The Labute approximate surface area is 136 Å². The van der Waals surface area contributed by atoms with Crippen LogP contribution >= 0.6 is 0 Å². The second kappa shape index (κ2) is 6.24. The Morgan fingerprint density at radius 2 is 1.74 bits per heavy atom. The maximum atomic E-state index is 6.17. The number of nitrogen functional groups attached to an aromatic ring is 1. The number of nitrogens with two attached hydrogens (primary N) is 1. The van der Waals surface area contributed by atoms with Gasteiger partial charge in [-0.25, -0.2) is 0 Å². The summed E-state index contributed by atoms with van der Waals surface area (Å²) in [4.78, 5) is 0. The molecule has 1 heterocycles. The number of methoxy groups -OCH3 is 1. The lowest BCUT2D eigenvalue weighted by atomic mass is 10.2. The van der Waals surface area contributed by atoms with E-state index in [0.29, 0.717) is 12.6 Å². The molecule has 0 aliphatic carbocycles. The van der Waals surface area contributed by atoms with Crippen LogP contribution in [-0.4, -0.2) is 11.7 Å². The molecular weight excluding hydrogens is 288 g/mol. The zero-order valence-electron chi connectivity index (χ0n) is 13.7. The molecule has 120 valence electrons. The second-order valence-electron chi connectivity index (χ2n) is 5.85. The summed E-state index contributed by atoms with van der Waals surface area (Å²) in [5.74, 6) is 1.64. The quantitative estimate of drug-likeness (QED) is 0.711. The standard InChI is InChI=1S/C19H22N2O2/c1-13(2)21-15(11-14-5-4-6-18(20)19(14)21)12-23-17-9-7-16(22-3)8-10-17/h4-11,13H,12,20H2,1-3H3. The van der Waals surface area contributed by atoms with E-state index in [-0.39, 0.29) is 0 Å². The van der Waals surface area contributed by atoms with E-state index in [1.54, 1.807) is 7.11 Å². The molecule has 3 aromatic rings. The Morgan fingerprint density at radius 3 is 2.39 bits per heavy atom. The van der Waals surface area contributed by atoms with Crippen LogP contribution < -0.4 is 15.2 Å². The highest BCUT2D eigenvalue weighted by Gasteiger charge is 2.14. The van der Waals surface area contributed by atoms with Gasteiger partial charge in [-0.05, 0) is 50.2 Å². The zero-order valence-corrected chi connectivity index (χ0v) is 13.7. The molecular formula is C19H22N2O2. The van der Waals surface area contributed by atoms with Gasteiger partial charge in [0.05, 0.1) is 24.0 Å². The van der Waals surface area contributed by atoms with Crippen molar-refractivity contribution in [3.63, 3.8) is 0 Å². The van der Waals surface area contributed by atoms with Crippen LogP contribution in [0, 0.1) is 0 Å². The van der Waals surface area contributed by atoms with E-state index in [4.69, 9.17) is 15.2 Å². The van der Waals surface area contributed by atoms with Crippen LogP contribution in [0.3, 0.4) is 0 Å². The largest absolute Gasteiger partial charge is 0.497 e. The van der Waals surface area contributed by atoms with Gasteiger partial charge in [-0.15, -0.1) is 0 Å². The normalized spacial score (nSPS) is 11.1. The molecule has 4 heteroatoms. The number of para-hydroxylation sites is 1. The van der Waals surface area contributed by atoms with Crippen molar-refractivity contribution in [1.29, 1.82) is 0 Å². The van der Waals surface area contributed by atoms with E-state index >= 15 is 0 Å². The number of anilines is 1. The maximum Gasteiger partial charge on any atom is 0.128 e. The van der Waals surface area contributed by atoms with E-state index in [9.17, 15) is 0 Å². The van der Waals surface area contributed by atoms with E-state index in [2.05, 4.69) is 30.5 Å². The summed E-state index contributed by atoms with van der Waals surface area (Å²) in [6.07, 6.45) is 0. The third-order valence-electron chi connectivity index (χ3n) is 3.93. The molecule has 0 unspecified atom stereocenters. The van der Waals surface area contributed by atoms with Crippen LogP contribution in [0.15, 0.2) is 48.5 Å². The van der Waals surface area contributed by atoms with Crippen LogP contribution in [0.4, 0.5) is 5.69 Å². The number of ether oxygens (including phenoxy) is 2. The van der Waals surface area contributed by atoms with E-state index in [0.717, 1.165) is 33.8 Å². The SMILES string of the molecule is COc1ccc(OCc2cc3cccc(N)c3n2C(C)C)cc1. The van der Waals surface area contributed by atoms with Crippen LogP contribution in [-0.2, 0) is 6.61 Å². The molecule has 1 aromatic heterocycles. The number of hydrogen-bond donors (Lipinski definition) is 1. The maximum absolute atomic E-state index is 6.17. The predicted octanol–water partition coefficient (Wildman–Crippen LogP) is 4.39. The highest BCUT2D eigenvalue weighted by atomic mass is 16.5. The molecule has 3 rings (SSSR count). The topological polar surface area (TPSA) is 49.4 Å². The number of hydrogen-bond acceptors (Lipinski definition) is 3. The first-order valence-electron chi connectivity index (χ1n) is 7.75. The van der Waals surface area contributed by atoms with Gasteiger partial charge in [0, 0.05) is 11.4 Å². The third kappa shape index (κ3) is 2.97. The number of fused-ring (bicyclic) bond motifs is 1. The molecule has 0 saturated heterocycles. The molecule has 0 bridgehead atoms.